The van der Waals surface area contributed by atoms with E-state index in [-0.39, 0.29) is 5.91 Å². The van der Waals surface area contributed by atoms with Crippen molar-refractivity contribution in [3.63, 3.8) is 0 Å². The summed E-state index contributed by atoms with van der Waals surface area (Å²) in [7, 11) is 0. The van der Waals surface area contributed by atoms with Gasteiger partial charge in [-0.3, -0.25) is 10.1 Å². The van der Waals surface area contributed by atoms with Crippen LogP contribution in [0.2, 0.25) is 5.02 Å². The van der Waals surface area contributed by atoms with Gasteiger partial charge in [0, 0.05) is 17.8 Å². The predicted octanol–water partition coefficient (Wildman–Crippen LogP) is 4.77. The molecule has 0 bridgehead atoms. The highest BCUT2D eigenvalue weighted by Crippen LogP contribution is 2.31. The summed E-state index contributed by atoms with van der Waals surface area (Å²) in [5.74, 6) is 0.0518. The number of amides is 1. The number of rotatable bonds is 2. The fourth-order valence-corrected chi connectivity index (χ4v) is 3.96. The summed E-state index contributed by atoms with van der Waals surface area (Å²) in [4.78, 5) is 15.0. The van der Waals surface area contributed by atoms with Gasteiger partial charge < -0.3 is 9.42 Å². The number of halogens is 1. The van der Waals surface area contributed by atoms with E-state index in [4.69, 9.17) is 28.3 Å². The van der Waals surface area contributed by atoms with Crippen LogP contribution in [0.3, 0.4) is 0 Å². The number of aryl methyl sites for hydroxylation is 2. The minimum absolute atomic E-state index is 0.334. The maximum atomic E-state index is 13.0. The van der Waals surface area contributed by atoms with Crippen molar-refractivity contribution in [2.24, 2.45) is 0 Å². The third-order valence-electron chi connectivity index (χ3n) is 4.79. The molecule has 0 spiro atoms. The lowest BCUT2D eigenvalue weighted by Gasteiger charge is -2.31. The highest BCUT2D eigenvalue weighted by molar-refractivity contribution is 7.80. The molecule has 142 valence electrons. The number of para-hydroxylation sites is 1. The van der Waals surface area contributed by atoms with E-state index >= 15 is 0 Å². The second kappa shape index (κ2) is 7.73. The quantitative estimate of drug-likeness (QED) is 0.615. The molecule has 1 aliphatic rings. The lowest BCUT2D eigenvalue weighted by molar-refractivity contribution is 0.0976. The molecule has 1 N–H and O–H groups in total. The summed E-state index contributed by atoms with van der Waals surface area (Å²) >= 11 is 11.8. The van der Waals surface area contributed by atoms with E-state index in [1.807, 2.05) is 35.2 Å². The van der Waals surface area contributed by atoms with Gasteiger partial charge in [-0.25, -0.2) is 0 Å². The molecule has 2 aromatic carbocycles. The summed E-state index contributed by atoms with van der Waals surface area (Å²) in [6.45, 7) is 2.46. The van der Waals surface area contributed by atoms with Crippen molar-refractivity contribution in [3.05, 3.63) is 70.4 Å². The summed E-state index contributed by atoms with van der Waals surface area (Å²) < 4.78 is 5.28. The Morgan fingerprint density at radius 1 is 1.21 bits per heavy atom. The zero-order valence-electron chi connectivity index (χ0n) is 15.2. The first-order valence-electron chi connectivity index (χ1n) is 8.98. The number of thiocarbonyl (C=S) groups is 1. The van der Waals surface area contributed by atoms with Gasteiger partial charge >= 0.3 is 0 Å². The van der Waals surface area contributed by atoms with Crippen LogP contribution in [0, 0.1) is 6.92 Å². The second-order valence-corrected chi connectivity index (χ2v) is 7.38. The van der Waals surface area contributed by atoms with E-state index in [0.29, 0.717) is 32.7 Å². The van der Waals surface area contributed by atoms with E-state index < -0.39 is 0 Å². The highest BCUT2D eigenvalue weighted by Gasteiger charge is 2.26. The first-order chi connectivity index (χ1) is 13.6. The number of nitrogens with zero attached hydrogens (tertiary/aromatic N) is 2. The fraction of sp³-hybridized carbons (Fsp3) is 0.190. The van der Waals surface area contributed by atoms with E-state index in [0.717, 1.165) is 25.1 Å². The van der Waals surface area contributed by atoms with Crippen LogP contribution in [0.4, 0.5) is 5.69 Å². The zero-order valence-corrected chi connectivity index (χ0v) is 16.8. The lowest BCUT2D eigenvalue weighted by Crippen LogP contribution is -2.45. The molecule has 0 fully saturated rings. The third kappa shape index (κ3) is 3.41. The Balaban J connectivity index is 1.61. The number of benzene rings is 2. The van der Waals surface area contributed by atoms with Gasteiger partial charge in [-0.1, -0.05) is 53.2 Å². The maximum Gasteiger partial charge on any atom is 0.263 e. The predicted molar refractivity (Wildman–Crippen MR) is 114 cm³/mol. The Bertz CT molecular complexity index is 1060. The van der Waals surface area contributed by atoms with Gasteiger partial charge in [-0.2, -0.15) is 0 Å². The van der Waals surface area contributed by atoms with Gasteiger partial charge in [0.05, 0.1) is 5.02 Å². The van der Waals surface area contributed by atoms with Gasteiger partial charge in [0.15, 0.2) is 5.11 Å². The van der Waals surface area contributed by atoms with Crippen LogP contribution in [0.25, 0.3) is 11.3 Å². The van der Waals surface area contributed by atoms with Crippen molar-refractivity contribution in [1.29, 1.82) is 0 Å². The molecule has 0 atom stereocenters. The second-order valence-electron chi connectivity index (χ2n) is 6.59. The molecule has 7 heteroatoms. The third-order valence-corrected chi connectivity index (χ3v) is 5.45. The first-order valence-corrected chi connectivity index (χ1v) is 9.77. The highest BCUT2D eigenvalue weighted by atomic mass is 35.5. The van der Waals surface area contributed by atoms with Crippen LogP contribution in [-0.2, 0) is 6.42 Å². The molecule has 0 radical (unpaired) electrons. The van der Waals surface area contributed by atoms with Gasteiger partial charge in [0.25, 0.3) is 5.91 Å². The van der Waals surface area contributed by atoms with E-state index in [1.54, 1.807) is 19.1 Å². The van der Waals surface area contributed by atoms with Crippen molar-refractivity contribution in [2.75, 3.05) is 11.4 Å². The summed E-state index contributed by atoms with van der Waals surface area (Å²) in [5.41, 5.74) is 3.64. The molecule has 28 heavy (non-hydrogen) atoms. The van der Waals surface area contributed by atoms with E-state index in [1.165, 1.54) is 5.56 Å². The maximum absolute atomic E-state index is 13.0. The Labute approximate surface area is 173 Å². The van der Waals surface area contributed by atoms with Crippen LogP contribution < -0.4 is 10.2 Å². The molecule has 0 saturated heterocycles. The molecular formula is C21H18ClN3O2S. The molecule has 0 aliphatic carbocycles. The van der Waals surface area contributed by atoms with E-state index in [9.17, 15) is 4.79 Å². The van der Waals surface area contributed by atoms with E-state index in [2.05, 4.69) is 16.5 Å². The van der Waals surface area contributed by atoms with Crippen molar-refractivity contribution in [1.82, 2.24) is 10.5 Å². The topological polar surface area (TPSA) is 58.4 Å². The fourth-order valence-electron chi connectivity index (χ4n) is 3.45. The van der Waals surface area contributed by atoms with Crippen LogP contribution in [0.5, 0.6) is 0 Å². The average molecular weight is 412 g/mol. The number of nitrogens with one attached hydrogen (secondary N) is 1. The Hall–Kier alpha value is -2.70. The Kier molecular flexibility index (Phi) is 5.15. The van der Waals surface area contributed by atoms with Crippen LogP contribution in [-0.4, -0.2) is 22.7 Å². The molecule has 1 amide bonds. The Morgan fingerprint density at radius 3 is 2.79 bits per heavy atom. The van der Waals surface area contributed by atoms with Crippen molar-refractivity contribution >= 4 is 40.5 Å². The molecule has 4 rings (SSSR count). The molecule has 1 aliphatic heterocycles. The molecule has 0 unspecified atom stereocenters. The number of hydrogen-bond donors (Lipinski definition) is 1. The lowest BCUT2D eigenvalue weighted by atomic mass is 10.0. The number of carbonyl (C=O) groups is 1. The number of hydrogen-bond acceptors (Lipinski definition) is 4. The molecule has 0 saturated carbocycles. The van der Waals surface area contributed by atoms with Gasteiger partial charge in [0.2, 0.25) is 0 Å². The number of anilines is 1. The SMILES string of the molecule is Cc1onc(-c2ccccc2Cl)c1C(=O)NC(=S)N1CCCc2ccccc21. The molecular weight excluding hydrogens is 394 g/mol. The van der Waals surface area contributed by atoms with Gasteiger partial charge in [-0.05, 0) is 49.7 Å². The minimum Gasteiger partial charge on any atom is -0.360 e. The zero-order chi connectivity index (χ0) is 19.7. The molecule has 1 aromatic heterocycles. The minimum atomic E-state index is -0.360. The summed E-state index contributed by atoms with van der Waals surface area (Å²) in [6.07, 6.45) is 1.98. The summed E-state index contributed by atoms with van der Waals surface area (Å²) in [5, 5.41) is 7.75. The first kappa shape index (κ1) is 18.7. The number of fused-ring (bicyclic) bond motifs is 1. The van der Waals surface area contributed by atoms with Crippen LogP contribution >= 0.6 is 23.8 Å². The van der Waals surface area contributed by atoms with Crippen LogP contribution in [0.1, 0.15) is 28.1 Å². The smallest absolute Gasteiger partial charge is 0.263 e. The Morgan fingerprint density at radius 2 is 1.96 bits per heavy atom. The molecule has 2 heterocycles. The number of carbonyl (C=O) groups excluding carboxylic acids is 1. The average Bonchev–Trinajstić information content (AvgIpc) is 3.09. The standard InChI is InChI=1S/C21H18ClN3O2S/c1-13-18(19(24-27-13)15-9-3-4-10-16(15)22)20(26)23-21(28)25-12-6-8-14-7-2-5-11-17(14)25/h2-5,7,9-11H,6,8,12H2,1H3,(H,23,26,28). The van der Waals surface area contributed by atoms with Crippen molar-refractivity contribution < 1.29 is 9.32 Å². The monoisotopic (exact) mass is 411 g/mol. The van der Waals surface area contributed by atoms with Gasteiger partial charge in [-0.15, -0.1) is 0 Å². The van der Waals surface area contributed by atoms with Gasteiger partial charge in [0.1, 0.15) is 17.0 Å². The molecule has 5 nitrogen and oxygen atoms in total. The largest absolute Gasteiger partial charge is 0.360 e. The number of aromatic nitrogens is 1. The van der Waals surface area contributed by atoms with Crippen molar-refractivity contribution in [2.45, 2.75) is 19.8 Å². The van der Waals surface area contributed by atoms with Crippen molar-refractivity contribution in [3.8, 4) is 11.3 Å². The molecule has 3 aromatic rings. The normalized spacial score (nSPS) is 13.1. The van der Waals surface area contributed by atoms with Crippen LogP contribution in [0.15, 0.2) is 53.1 Å². The summed E-state index contributed by atoms with van der Waals surface area (Å²) in [6, 6.07) is 15.3.